The van der Waals surface area contributed by atoms with Crippen molar-refractivity contribution in [1.29, 1.82) is 0 Å². The maximum Gasteiger partial charge on any atom is 0.328 e. The highest BCUT2D eigenvalue weighted by Gasteiger charge is 2.60. The third-order valence-corrected chi connectivity index (χ3v) is 7.90. The Kier molecular flexibility index (Phi) is 7.57. The third kappa shape index (κ3) is 5.14. The molecule has 0 unspecified atom stereocenters. The fourth-order valence-electron chi connectivity index (χ4n) is 5.86. The molecule has 2 aliphatic rings. The predicted molar refractivity (Wildman–Crippen MR) is 144 cm³/mol. The van der Waals surface area contributed by atoms with Crippen LogP contribution in [0, 0.1) is 0 Å². The van der Waals surface area contributed by atoms with Crippen LogP contribution in [0.1, 0.15) is 57.6 Å². The van der Waals surface area contributed by atoms with Crippen molar-refractivity contribution in [3.05, 3.63) is 65.7 Å². The minimum atomic E-state index is -1.09. The van der Waals surface area contributed by atoms with Crippen LogP contribution in [0.5, 0.6) is 5.75 Å². The number of methoxy groups -OCH3 is 1. The number of esters is 1. The number of benzene rings is 2. The summed E-state index contributed by atoms with van der Waals surface area (Å²) in [5.74, 6) is -0.0665. The molecule has 0 bridgehead atoms. The number of hydrogen-bond donors (Lipinski definition) is 0. The van der Waals surface area contributed by atoms with Gasteiger partial charge < -0.3 is 9.47 Å². The first kappa shape index (κ1) is 27.6. The normalized spacial score (nSPS) is 23.9. The maximum atomic E-state index is 14.1. The zero-order chi connectivity index (χ0) is 27.7. The number of urea groups is 1. The van der Waals surface area contributed by atoms with Crippen LogP contribution >= 0.6 is 0 Å². The van der Waals surface area contributed by atoms with Crippen molar-refractivity contribution in [3.63, 3.8) is 0 Å². The van der Waals surface area contributed by atoms with E-state index < -0.39 is 23.1 Å². The molecule has 2 aromatic carbocycles. The molecule has 1 heterocycles. The van der Waals surface area contributed by atoms with Crippen LogP contribution in [0.4, 0.5) is 4.79 Å². The van der Waals surface area contributed by atoms with Gasteiger partial charge in [0, 0.05) is 5.54 Å². The summed E-state index contributed by atoms with van der Waals surface area (Å²) in [7, 11) is 5.70. The van der Waals surface area contributed by atoms with Crippen molar-refractivity contribution in [1.82, 2.24) is 14.7 Å². The molecular formula is C30H39N3O5. The highest BCUT2D eigenvalue weighted by atomic mass is 16.6. The number of imide groups is 1. The second-order valence-electron chi connectivity index (χ2n) is 11.5. The van der Waals surface area contributed by atoms with Gasteiger partial charge in [-0.2, -0.15) is 0 Å². The molecule has 0 atom stereocenters. The van der Waals surface area contributed by atoms with Gasteiger partial charge >= 0.3 is 12.0 Å². The maximum absolute atomic E-state index is 14.1. The molecule has 0 aromatic heterocycles. The second kappa shape index (κ2) is 10.4. The van der Waals surface area contributed by atoms with E-state index in [0.29, 0.717) is 31.4 Å². The summed E-state index contributed by atoms with van der Waals surface area (Å²) in [6.07, 6.45) is 2.24. The summed E-state index contributed by atoms with van der Waals surface area (Å²) in [4.78, 5) is 45.7. The molecule has 2 aromatic rings. The average Bonchev–Trinajstić information content (AvgIpc) is 3.06. The molecule has 0 radical (unpaired) electrons. The van der Waals surface area contributed by atoms with E-state index in [-0.39, 0.29) is 24.5 Å². The largest absolute Gasteiger partial charge is 0.497 e. The van der Waals surface area contributed by atoms with Crippen molar-refractivity contribution < 1.29 is 23.9 Å². The van der Waals surface area contributed by atoms with Crippen LogP contribution in [0.3, 0.4) is 0 Å². The van der Waals surface area contributed by atoms with Crippen LogP contribution in [-0.4, -0.2) is 71.5 Å². The predicted octanol–water partition coefficient (Wildman–Crippen LogP) is 4.57. The van der Waals surface area contributed by atoms with E-state index in [1.165, 1.54) is 15.4 Å². The topological polar surface area (TPSA) is 79.4 Å². The van der Waals surface area contributed by atoms with Crippen LogP contribution < -0.4 is 4.74 Å². The van der Waals surface area contributed by atoms with E-state index in [9.17, 15) is 14.4 Å². The van der Waals surface area contributed by atoms with E-state index in [4.69, 9.17) is 9.47 Å². The number of carbonyl (C=O) groups is 3. The zero-order valence-electron chi connectivity index (χ0n) is 23.3. The van der Waals surface area contributed by atoms with E-state index in [1.807, 2.05) is 30.3 Å². The molecule has 1 aliphatic carbocycles. The van der Waals surface area contributed by atoms with Gasteiger partial charge in [0.05, 0.1) is 13.7 Å². The molecule has 0 N–H and O–H groups in total. The van der Waals surface area contributed by atoms with Crippen LogP contribution in [-0.2, 0) is 26.4 Å². The van der Waals surface area contributed by atoms with Gasteiger partial charge in [0.15, 0.2) is 0 Å². The highest BCUT2D eigenvalue weighted by molar-refractivity contribution is 6.08. The smallest absolute Gasteiger partial charge is 0.328 e. The second-order valence-corrected chi connectivity index (χ2v) is 11.5. The fourth-order valence-corrected chi connectivity index (χ4v) is 5.86. The Morgan fingerprint density at radius 1 is 0.947 bits per heavy atom. The van der Waals surface area contributed by atoms with Gasteiger partial charge in [-0.25, -0.2) is 4.79 Å². The number of ether oxygens (including phenoxy) is 2. The summed E-state index contributed by atoms with van der Waals surface area (Å²) < 4.78 is 10.8. The summed E-state index contributed by atoms with van der Waals surface area (Å²) >= 11 is 0. The van der Waals surface area contributed by atoms with E-state index in [0.717, 1.165) is 5.56 Å². The van der Waals surface area contributed by atoms with Gasteiger partial charge in [-0.1, -0.05) is 42.5 Å². The summed E-state index contributed by atoms with van der Waals surface area (Å²) in [5.41, 5.74) is -0.0550. The number of hydrogen-bond acceptors (Lipinski definition) is 6. The molecule has 1 spiro atoms. The van der Waals surface area contributed by atoms with Crippen LogP contribution in [0.2, 0.25) is 0 Å². The van der Waals surface area contributed by atoms with Gasteiger partial charge in [0.1, 0.15) is 23.4 Å². The number of rotatable bonds is 7. The molecule has 8 heteroatoms. The first-order valence-electron chi connectivity index (χ1n) is 13.1. The zero-order valence-corrected chi connectivity index (χ0v) is 23.3. The summed E-state index contributed by atoms with van der Waals surface area (Å²) in [5, 5.41) is 0. The number of nitrogens with zero attached hydrogens (tertiary/aromatic N) is 3. The van der Waals surface area contributed by atoms with Crippen LogP contribution in [0.25, 0.3) is 0 Å². The Balaban J connectivity index is 1.66. The Morgan fingerprint density at radius 2 is 1.55 bits per heavy atom. The van der Waals surface area contributed by atoms with Crippen molar-refractivity contribution in [2.75, 3.05) is 27.7 Å². The van der Waals surface area contributed by atoms with Crippen molar-refractivity contribution in [2.24, 2.45) is 0 Å². The SMILES string of the molecule is COc1ccc(CN2C(=O)N(CC(=O)OC(C)(C)C)C3(CCC(c4ccccc4)(N(C)C)CC3)C2=O)cc1. The monoisotopic (exact) mass is 521 g/mol. The quantitative estimate of drug-likeness (QED) is 0.392. The molecule has 2 fully saturated rings. The highest BCUT2D eigenvalue weighted by Crippen LogP contribution is 2.49. The van der Waals surface area contributed by atoms with Gasteiger partial charge in [0.2, 0.25) is 0 Å². The lowest BCUT2D eigenvalue weighted by atomic mass is 9.68. The summed E-state index contributed by atoms with van der Waals surface area (Å²) in [6, 6.07) is 17.1. The number of amides is 3. The first-order chi connectivity index (χ1) is 17.9. The van der Waals surface area contributed by atoms with E-state index in [2.05, 4.69) is 31.1 Å². The molecule has 38 heavy (non-hydrogen) atoms. The standard InChI is InChI=1S/C30H39N3O5/c1-28(2,3)38-25(34)21-33-27(36)32(20-22-12-14-24(37-6)15-13-22)26(35)30(33)18-16-29(17-19-30,31(4)5)23-10-8-7-9-11-23/h7-15H,16-21H2,1-6H3. The fraction of sp³-hybridized carbons (Fsp3) is 0.500. The Bertz CT molecular complexity index is 1160. The molecule has 1 aliphatic heterocycles. The van der Waals surface area contributed by atoms with Gasteiger partial charge in [-0.05, 0) is 83.8 Å². The third-order valence-electron chi connectivity index (χ3n) is 7.90. The molecule has 1 saturated carbocycles. The molecular weight excluding hydrogens is 482 g/mol. The van der Waals surface area contributed by atoms with E-state index >= 15 is 0 Å². The van der Waals surface area contributed by atoms with Crippen molar-refractivity contribution in [3.8, 4) is 5.75 Å². The van der Waals surface area contributed by atoms with Crippen molar-refractivity contribution in [2.45, 2.75) is 69.7 Å². The number of carbonyl (C=O) groups excluding carboxylic acids is 3. The van der Waals surface area contributed by atoms with Gasteiger partial charge in [0.25, 0.3) is 5.91 Å². The minimum Gasteiger partial charge on any atom is -0.497 e. The molecule has 8 nitrogen and oxygen atoms in total. The first-order valence-corrected chi connectivity index (χ1v) is 13.1. The van der Waals surface area contributed by atoms with Gasteiger partial charge in [-0.3, -0.25) is 24.3 Å². The molecule has 4 rings (SSSR count). The summed E-state index contributed by atoms with van der Waals surface area (Å²) in [6.45, 7) is 5.24. The molecule has 204 valence electrons. The molecule has 1 saturated heterocycles. The van der Waals surface area contributed by atoms with Crippen molar-refractivity contribution >= 4 is 17.9 Å². The lowest BCUT2D eigenvalue weighted by Crippen LogP contribution is -2.58. The lowest BCUT2D eigenvalue weighted by molar-refractivity contribution is -0.157. The Hall–Kier alpha value is -3.39. The Labute approximate surface area is 225 Å². The van der Waals surface area contributed by atoms with Gasteiger partial charge in [-0.15, -0.1) is 0 Å². The lowest BCUT2D eigenvalue weighted by Gasteiger charge is -2.49. The average molecular weight is 522 g/mol. The van der Waals surface area contributed by atoms with Crippen LogP contribution in [0.15, 0.2) is 54.6 Å². The van der Waals surface area contributed by atoms with E-state index in [1.54, 1.807) is 40.0 Å². The Morgan fingerprint density at radius 3 is 2.08 bits per heavy atom. The molecule has 3 amide bonds. The minimum absolute atomic E-state index is 0.131.